The van der Waals surface area contributed by atoms with Gasteiger partial charge in [-0.1, -0.05) is 6.07 Å². The van der Waals surface area contributed by atoms with E-state index < -0.39 is 0 Å². The zero-order chi connectivity index (χ0) is 15.2. The van der Waals surface area contributed by atoms with Crippen LogP contribution in [0.25, 0.3) is 0 Å². The lowest BCUT2D eigenvalue weighted by molar-refractivity contribution is -0.116. The third kappa shape index (κ3) is 4.09. The van der Waals surface area contributed by atoms with Crippen LogP contribution in [-0.2, 0) is 17.9 Å². The molecule has 0 aliphatic carbocycles. The molecule has 6 heteroatoms. The monoisotopic (exact) mass is 304 g/mol. The van der Waals surface area contributed by atoms with E-state index >= 15 is 0 Å². The van der Waals surface area contributed by atoms with Gasteiger partial charge in [-0.05, 0) is 25.5 Å². The van der Waals surface area contributed by atoms with Crippen molar-refractivity contribution >= 4 is 22.4 Å². The smallest absolute Gasteiger partial charge is 0.225 e. The van der Waals surface area contributed by atoms with E-state index in [0.29, 0.717) is 19.6 Å². The molecule has 0 unspecified atom stereocenters. The summed E-state index contributed by atoms with van der Waals surface area (Å²) in [5, 5.41) is 6.08. The van der Waals surface area contributed by atoms with Crippen LogP contribution in [0.15, 0.2) is 23.7 Å². The molecule has 2 aromatic heterocycles. The van der Waals surface area contributed by atoms with Crippen LogP contribution >= 0.6 is 11.3 Å². The van der Waals surface area contributed by atoms with Crippen molar-refractivity contribution in [1.29, 1.82) is 0 Å². The van der Waals surface area contributed by atoms with Crippen molar-refractivity contribution in [2.24, 2.45) is 0 Å². The fourth-order valence-corrected chi connectivity index (χ4v) is 2.94. The van der Waals surface area contributed by atoms with E-state index in [-0.39, 0.29) is 5.91 Å². The third-order valence-corrected chi connectivity index (χ3v) is 4.10. The van der Waals surface area contributed by atoms with Gasteiger partial charge < -0.3 is 5.32 Å². The predicted molar refractivity (Wildman–Crippen MR) is 85.3 cm³/mol. The molecule has 0 saturated carbocycles. The number of aromatic nitrogens is 2. The fourth-order valence-electron chi connectivity index (χ4n) is 2.01. The summed E-state index contributed by atoms with van der Waals surface area (Å²) in [6, 6.07) is 3.99. The second kappa shape index (κ2) is 7.28. The fraction of sp³-hybridized carbons (Fsp3) is 0.400. The Balaban J connectivity index is 1.91. The average molecular weight is 304 g/mol. The Bertz CT molecular complexity index is 611. The molecule has 0 atom stereocenters. The number of anilines is 1. The SMILES string of the molecule is CCN(C(C)=O)c1nc(CNCc2ncccc2C)cs1. The van der Waals surface area contributed by atoms with E-state index in [1.807, 2.05) is 18.4 Å². The summed E-state index contributed by atoms with van der Waals surface area (Å²) in [4.78, 5) is 22.0. The van der Waals surface area contributed by atoms with E-state index in [1.54, 1.807) is 18.0 Å². The molecule has 0 aromatic carbocycles. The summed E-state index contributed by atoms with van der Waals surface area (Å²) in [6.45, 7) is 7.59. The number of rotatable bonds is 6. The first-order valence-electron chi connectivity index (χ1n) is 6.95. The maximum absolute atomic E-state index is 11.5. The molecule has 1 amide bonds. The lowest BCUT2D eigenvalue weighted by Crippen LogP contribution is -2.27. The van der Waals surface area contributed by atoms with E-state index in [0.717, 1.165) is 16.5 Å². The van der Waals surface area contributed by atoms with Crippen molar-refractivity contribution in [1.82, 2.24) is 15.3 Å². The Morgan fingerprint density at radius 3 is 2.90 bits per heavy atom. The molecule has 0 radical (unpaired) electrons. The summed E-state index contributed by atoms with van der Waals surface area (Å²) in [5.74, 6) is 0.0236. The molecular weight excluding hydrogens is 284 g/mol. The zero-order valence-electron chi connectivity index (χ0n) is 12.6. The minimum atomic E-state index is 0.0236. The van der Waals surface area contributed by atoms with E-state index in [1.165, 1.54) is 16.9 Å². The predicted octanol–water partition coefficient (Wildman–Crippen LogP) is 2.51. The molecule has 0 aliphatic heterocycles. The van der Waals surface area contributed by atoms with Gasteiger partial charge in [0.25, 0.3) is 0 Å². The first-order chi connectivity index (χ1) is 10.1. The standard InChI is InChI=1S/C15H20N4OS/c1-4-19(12(3)20)15-18-13(10-21-15)8-16-9-14-11(2)6-5-7-17-14/h5-7,10,16H,4,8-9H2,1-3H3. The quantitative estimate of drug-likeness (QED) is 0.891. The number of carbonyl (C=O) groups is 1. The second-order valence-electron chi connectivity index (χ2n) is 4.76. The van der Waals surface area contributed by atoms with Gasteiger partial charge in [-0.3, -0.25) is 14.7 Å². The van der Waals surface area contributed by atoms with Gasteiger partial charge in [-0.15, -0.1) is 11.3 Å². The normalized spacial score (nSPS) is 10.6. The zero-order valence-corrected chi connectivity index (χ0v) is 13.4. The number of hydrogen-bond donors (Lipinski definition) is 1. The number of hydrogen-bond acceptors (Lipinski definition) is 5. The first-order valence-corrected chi connectivity index (χ1v) is 7.83. The van der Waals surface area contributed by atoms with Gasteiger partial charge in [-0.2, -0.15) is 0 Å². The highest BCUT2D eigenvalue weighted by Gasteiger charge is 2.13. The molecule has 0 spiro atoms. The highest BCUT2D eigenvalue weighted by molar-refractivity contribution is 7.14. The van der Waals surface area contributed by atoms with Crippen molar-refractivity contribution in [3.63, 3.8) is 0 Å². The van der Waals surface area contributed by atoms with E-state index in [2.05, 4.69) is 28.3 Å². The largest absolute Gasteiger partial charge is 0.305 e. The maximum atomic E-state index is 11.5. The van der Waals surface area contributed by atoms with Crippen molar-refractivity contribution < 1.29 is 4.79 Å². The number of pyridine rings is 1. The number of nitrogens with zero attached hydrogens (tertiary/aromatic N) is 3. The Kier molecular flexibility index (Phi) is 5.41. The molecule has 2 heterocycles. The Labute approximate surface area is 129 Å². The maximum Gasteiger partial charge on any atom is 0.225 e. The molecule has 0 saturated heterocycles. The molecule has 112 valence electrons. The Morgan fingerprint density at radius 1 is 1.43 bits per heavy atom. The number of amides is 1. The van der Waals surface area contributed by atoms with Gasteiger partial charge in [0, 0.05) is 38.1 Å². The lowest BCUT2D eigenvalue weighted by Gasteiger charge is -2.14. The summed E-state index contributed by atoms with van der Waals surface area (Å²) in [6.07, 6.45) is 1.80. The van der Waals surface area contributed by atoms with Crippen molar-refractivity contribution in [3.8, 4) is 0 Å². The topological polar surface area (TPSA) is 58.1 Å². The molecule has 1 N–H and O–H groups in total. The molecule has 0 fully saturated rings. The lowest BCUT2D eigenvalue weighted by atomic mass is 10.2. The van der Waals surface area contributed by atoms with Crippen LogP contribution in [0.3, 0.4) is 0 Å². The number of nitrogens with one attached hydrogen (secondary N) is 1. The average Bonchev–Trinajstić information content (AvgIpc) is 2.90. The van der Waals surface area contributed by atoms with Gasteiger partial charge in [0.2, 0.25) is 5.91 Å². The molecule has 21 heavy (non-hydrogen) atoms. The second-order valence-corrected chi connectivity index (χ2v) is 5.59. The number of thiazole rings is 1. The minimum absolute atomic E-state index is 0.0236. The van der Waals surface area contributed by atoms with Gasteiger partial charge in [0.15, 0.2) is 5.13 Å². The van der Waals surface area contributed by atoms with Crippen LogP contribution in [0.2, 0.25) is 0 Å². The Morgan fingerprint density at radius 2 is 2.24 bits per heavy atom. The third-order valence-electron chi connectivity index (χ3n) is 3.18. The summed E-state index contributed by atoms with van der Waals surface area (Å²) >= 11 is 1.50. The molecule has 5 nitrogen and oxygen atoms in total. The van der Waals surface area contributed by atoms with Crippen LogP contribution in [0, 0.1) is 6.92 Å². The van der Waals surface area contributed by atoms with Crippen molar-refractivity contribution in [2.75, 3.05) is 11.4 Å². The molecule has 2 rings (SSSR count). The van der Waals surface area contributed by atoms with Crippen molar-refractivity contribution in [3.05, 3.63) is 40.7 Å². The van der Waals surface area contributed by atoms with Gasteiger partial charge >= 0.3 is 0 Å². The minimum Gasteiger partial charge on any atom is -0.305 e. The summed E-state index contributed by atoms with van der Waals surface area (Å²) in [5.41, 5.74) is 3.17. The first kappa shape index (κ1) is 15.6. The van der Waals surface area contributed by atoms with Crippen molar-refractivity contribution in [2.45, 2.75) is 33.9 Å². The highest BCUT2D eigenvalue weighted by atomic mass is 32.1. The van der Waals surface area contributed by atoms with Gasteiger partial charge in [-0.25, -0.2) is 4.98 Å². The molecule has 0 bridgehead atoms. The number of carbonyl (C=O) groups excluding carboxylic acids is 1. The van der Waals surface area contributed by atoms with Crippen LogP contribution in [0.5, 0.6) is 0 Å². The molecule has 0 aliphatic rings. The molecule has 2 aromatic rings. The summed E-state index contributed by atoms with van der Waals surface area (Å²) < 4.78 is 0. The van der Waals surface area contributed by atoms with Crippen LogP contribution in [0.1, 0.15) is 30.8 Å². The number of aryl methyl sites for hydroxylation is 1. The van der Waals surface area contributed by atoms with Gasteiger partial charge in [0.1, 0.15) is 0 Å². The van der Waals surface area contributed by atoms with E-state index in [9.17, 15) is 4.79 Å². The highest BCUT2D eigenvalue weighted by Crippen LogP contribution is 2.20. The summed E-state index contributed by atoms with van der Waals surface area (Å²) in [7, 11) is 0. The van der Waals surface area contributed by atoms with Crippen LogP contribution in [0.4, 0.5) is 5.13 Å². The van der Waals surface area contributed by atoms with Crippen LogP contribution < -0.4 is 10.2 Å². The van der Waals surface area contributed by atoms with Crippen LogP contribution in [-0.4, -0.2) is 22.4 Å². The Hall–Kier alpha value is -1.79. The van der Waals surface area contributed by atoms with E-state index in [4.69, 9.17) is 0 Å². The molecular formula is C15H20N4OS. The van der Waals surface area contributed by atoms with Gasteiger partial charge in [0.05, 0.1) is 11.4 Å².